The number of amides is 1. The summed E-state index contributed by atoms with van der Waals surface area (Å²) >= 11 is 0. The highest BCUT2D eigenvalue weighted by molar-refractivity contribution is 7.89. The molecule has 3 rings (SSSR count). The maximum atomic E-state index is 12.3. The third-order valence-electron chi connectivity index (χ3n) is 4.92. The summed E-state index contributed by atoms with van der Waals surface area (Å²) in [6.07, 6.45) is 0.731. The predicted molar refractivity (Wildman–Crippen MR) is 115 cm³/mol. The number of nitrogens with zero attached hydrogens (tertiary/aromatic N) is 3. The molecule has 1 N–H and O–H groups in total. The summed E-state index contributed by atoms with van der Waals surface area (Å²) < 4.78 is 32.9. The Hall–Kier alpha value is -2.91. The molecule has 8 nitrogen and oxygen atoms in total. The molecule has 0 fully saturated rings. The zero-order valence-corrected chi connectivity index (χ0v) is 18.4. The van der Waals surface area contributed by atoms with Crippen molar-refractivity contribution in [3.05, 3.63) is 53.9 Å². The second-order valence-corrected chi connectivity index (χ2v) is 9.31. The molecule has 0 radical (unpaired) electrons. The van der Waals surface area contributed by atoms with Crippen LogP contribution in [0.15, 0.2) is 47.4 Å². The van der Waals surface area contributed by atoms with Crippen LogP contribution >= 0.6 is 0 Å². The van der Waals surface area contributed by atoms with E-state index < -0.39 is 10.0 Å². The van der Waals surface area contributed by atoms with Crippen molar-refractivity contribution in [1.29, 1.82) is 0 Å². The number of rotatable bonds is 8. The Morgan fingerprint density at radius 3 is 2.67 bits per heavy atom. The van der Waals surface area contributed by atoms with Crippen molar-refractivity contribution in [2.24, 2.45) is 7.05 Å². The van der Waals surface area contributed by atoms with Crippen LogP contribution in [0.2, 0.25) is 0 Å². The van der Waals surface area contributed by atoms with Gasteiger partial charge >= 0.3 is 0 Å². The number of aromatic nitrogens is 2. The molecule has 0 aliphatic heterocycles. The summed E-state index contributed by atoms with van der Waals surface area (Å²) in [5.41, 5.74) is 2.37. The third-order valence-corrected chi connectivity index (χ3v) is 6.73. The van der Waals surface area contributed by atoms with E-state index in [1.807, 2.05) is 35.9 Å². The lowest BCUT2D eigenvalue weighted by Gasteiger charge is -2.10. The molecule has 2 aromatic carbocycles. The highest BCUT2D eigenvalue weighted by atomic mass is 32.2. The molecule has 9 heteroatoms. The molecular formula is C21H26N4O4S. The lowest BCUT2D eigenvalue weighted by Crippen LogP contribution is -2.23. The minimum atomic E-state index is -3.53. The Kier molecular flexibility index (Phi) is 6.42. The number of fused-ring (bicyclic) bond motifs is 1. The molecule has 0 spiro atoms. The molecule has 0 unspecified atom stereocenters. The Bertz CT molecular complexity index is 1170. The van der Waals surface area contributed by atoms with E-state index in [0.717, 1.165) is 22.7 Å². The fraction of sp³-hybridized carbons (Fsp3) is 0.333. The molecule has 0 bridgehead atoms. The van der Waals surface area contributed by atoms with Gasteiger partial charge in [0.2, 0.25) is 15.9 Å². The van der Waals surface area contributed by atoms with Crippen molar-refractivity contribution in [2.75, 3.05) is 21.2 Å². The van der Waals surface area contributed by atoms with Gasteiger partial charge in [-0.1, -0.05) is 12.1 Å². The number of imidazole rings is 1. The van der Waals surface area contributed by atoms with E-state index in [0.29, 0.717) is 18.5 Å². The molecule has 0 saturated carbocycles. The van der Waals surface area contributed by atoms with Crippen molar-refractivity contribution >= 4 is 27.0 Å². The number of benzene rings is 2. The monoisotopic (exact) mass is 430 g/mol. The van der Waals surface area contributed by atoms with Crippen LogP contribution in [0.3, 0.4) is 0 Å². The van der Waals surface area contributed by atoms with Gasteiger partial charge < -0.3 is 14.6 Å². The number of aryl methyl sites for hydroxylation is 2. The van der Waals surface area contributed by atoms with Gasteiger partial charge in [0.1, 0.15) is 11.6 Å². The first-order valence-electron chi connectivity index (χ1n) is 9.50. The maximum Gasteiger partial charge on any atom is 0.242 e. The third kappa shape index (κ3) is 4.63. The normalized spacial score (nSPS) is 11.8. The quantitative estimate of drug-likeness (QED) is 0.591. The Morgan fingerprint density at radius 2 is 1.97 bits per heavy atom. The minimum absolute atomic E-state index is 0.0826. The van der Waals surface area contributed by atoms with E-state index in [1.165, 1.54) is 18.4 Å². The summed E-state index contributed by atoms with van der Waals surface area (Å²) in [5, 5.41) is 2.90. The molecule has 1 aromatic heterocycles. The Morgan fingerprint density at radius 1 is 1.20 bits per heavy atom. The summed E-state index contributed by atoms with van der Waals surface area (Å²) in [7, 11) is 2.93. The maximum absolute atomic E-state index is 12.3. The largest absolute Gasteiger partial charge is 0.497 e. The molecule has 30 heavy (non-hydrogen) atoms. The van der Waals surface area contributed by atoms with Gasteiger partial charge in [0.15, 0.2) is 0 Å². The molecule has 0 saturated heterocycles. The fourth-order valence-electron chi connectivity index (χ4n) is 3.12. The van der Waals surface area contributed by atoms with E-state index in [9.17, 15) is 13.2 Å². The second kappa shape index (κ2) is 8.85. The van der Waals surface area contributed by atoms with Crippen molar-refractivity contribution in [1.82, 2.24) is 19.2 Å². The van der Waals surface area contributed by atoms with Gasteiger partial charge in [0.05, 0.1) is 23.0 Å². The first-order chi connectivity index (χ1) is 14.2. The lowest BCUT2D eigenvalue weighted by molar-refractivity contribution is -0.121. The molecule has 0 aliphatic carbocycles. The van der Waals surface area contributed by atoms with Crippen molar-refractivity contribution in [3.63, 3.8) is 0 Å². The summed E-state index contributed by atoms with van der Waals surface area (Å²) in [5.74, 6) is 1.39. The van der Waals surface area contributed by atoms with E-state index in [1.54, 1.807) is 25.3 Å². The number of carbonyl (C=O) groups is 1. The number of ether oxygens (including phenoxy) is 1. The smallest absolute Gasteiger partial charge is 0.242 e. The van der Waals surface area contributed by atoms with Crippen LogP contribution in [0.5, 0.6) is 5.75 Å². The van der Waals surface area contributed by atoms with Crippen LogP contribution in [0.1, 0.15) is 17.8 Å². The molecule has 0 atom stereocenters. The Labute approximate surface area is 176 Å². The fourth-order valence-corrected chi connectivity index (χ4v) is 4.04. The number of carbonyl (C=O) groups excluding carboxylic acids is 1. The summed E-state index contributed by atoms with van der Waals surface area (Å²) in [4.78, 5) is 17.0. The van der Waals surface area contributed by atoms with Crippen LogP contribution < -0.4 is 10.1 Å². The summed E-state index contributed by atoms with van der Waals surface area (Å²) in [6.45, 7) is 0.421. The average molecular weight is 431 g/mol. The van der Waals surface area contributed by atoms with Gasteiger partial charge in [-0.05, 0) is 35.9 Å². The standard InChI is InChI=1S/C21H26N4O4S/c1-24(2)30(27,28)17-8-9-19-18(13-17)23-20(25(19)3)10-11-21(26)22-14-15-6-5-7-16(12-15)29-4/h5-9,12-13H,10-11,14H2,1-4H3,(H,22,26). The molecule has 0 aliphatic rings. The highest BCUT2D eigenvalue weighted by Gasteiger charge is 2.19. The number of methoxy groups -OCH3 is 1. The average Bonchev–Trinajstić information content (AvgIpc) is 3.05. The topological polar surface area (TPSA) is 93.5 Å². The van der Waals surface area contributed by atoms with Crippen molar-refractivity contribution in [3.8, 4) is 5.75 Å². The van der Waals surface area contributed by atoms with Gasteiger partial charge in [0.25, 0.3) is 0 Å². The molecule has 160 valence electrons. The van der Waals surface area contributed by atoms with E-state index in [4.69, 9.17) is 4.74 Å². The van der Waals surface area contributed by atoms with Gasteiger partial charge in [-0.15, -0.1) is 0 Å². The zero-order valence-electron chi connectivity index (χ0n) is 17.5. The van der Waals surface area contributed by atoms with E-state index >= 15 is 0 Å². The Balaban J connectivity index is 1.66. The number of hydrogen-bond donors (Lipinski definition) is 1. The number of nitrogens with one attached hydrogen (secondary N) is 1. The predicted octanol–water partition coefficient (Wildman–Crippen LogP) is 2.08. The van der Waals surface area contributed by atoms with Gasteiger partial charge in [-0.25, -0.2) is 17.7 Å². The van der Waals surface area contributed by atoms with E-state index in [2.05, 4.69) is 10.3 Å². The molecule has 1 heterocycles. The van der Waals surface area contributed by atoms with Crippen LogP contribution in [0.25, 0.3) is 11.0 Å². The van der Waals surface area contributed by atoms with Gasteiger partial charge in [-0.3, -0.25) is 4.79 Å². The summed E-state index contributed by atoms with van der Waals surface area (Å²) in [6, 6.07) is 12.4. The van der Waals surface area contributed by atoms with Crippen LogP contribution in [0.4, 0.5) is 0 Å². The zero-order chi connectivity index (χ0) is 21.9. The van der Waals surface area contributed by atoms with E-state index in [-0.39, 0.29) is 17.2 Å². The van der Waals surface area contributed by atoms with Crippen LogP contribution in [-0.2, 0) is 34.8 Å². The first-order valence-corrected chi connectivity index (χ1v) is 10.9. The molecule has 3 aromatic rings. The van der Waals surface area contributed by atoms with Gasteiger partial charge in [-0.2, -0.15) is 0 Å². The highest BCUT2D eigenvalue weighted by Crippen LogP contribution is 2.22. The molecular weight excluding hydrogens is 404 g/mol. The first kappa shape index (κ1) is 21.8. The van der Waals surface area contributed by atoms with Crippen LogP contribution in [0, 0.1) is 0 Å². The second-order valence-electron chi connectivity index (χ2n) is 7.15. The van der Waals surface area contributed by atoms with Crippen LogP contribution in [-0.4, -0.2) is 49.4 Å². The number of hydrogen-bond acceptors (Lipinski definition) is 5. The van der Waals surface area contributed by atoms with Gasteiger partial charge in [0, 0.05) is 40.5 Å². The van der Waals surface area contributed by atoms with Crippen molar-refractivity contribution in [2.45, 2.75) is 24.3 Å². The molecule has 1 amide bonds. The van der Waals surface area contributed by atoms with Crippen molar-refractivity contribution < 1.29 is 17.9 Å². The minimum Gasteiger partial charge on any atom is -0.497 e. The lowest BCUT2D eigenvalue weighted by atomic mass is 10.2. The number of sulfonamides is 1. The SMILES string of the molecule is COc1cccc(CNC(=O)CCc2nc3cc(S(=O)(=O)N(C)C)ccc3n2C)c1.